The second-order valence-corrected chi connectivity index (χ2v) is 21.7. The number of rotatable bonds is 7. The van der Waals surface area contributed by atoms with E-state index >= 15 is 0 Å². The summed E-state index contributed by atoms with van der Waals surface area (Å²) in [5, 5.41) is 2.55. The van der Waals surface area contributed by atoms with Gasteiger partial charge < -0.3 is 4.90 Å². The summed E-state index contributed by atoms with van der Waals surface area (Å²) < 4.78 is 2.58. The highest BCUT2D eigenvalue weighted by Gasteiger charge is 2.53. The van der Waals surface area contributed by atoms with Crippen molar-refractivity contribution in [2.24, 2.45) is 0 Å². The summed E-state index contributed by atoms with van der Waals surface area (Å²) >= 11 is 1.87. The van der Waals surface area contributed by atoms with Gasteiger partial charge in [-0.3, -0.25) is 0 Å². The van der Waals surface area contributed by atoms with Gasteiger partial charge >= 0.3 is 0 Å². The van der Waals surface area contributed by atoms with Crippen LogP contribution in [0.5, 0.6) is 0 Å². The number of nitrogens with zero attached hydrogens (tertiary/aromatic N) is 1. The maximum Gasteiger partial charge on any atom is 0.0726 e. The Morgan fingerprint density at radius 3 is 1.20 bits per heavy atom. The molecule has 0 unspecified atom stereocenters. The van der Waals surface area contributed by atoms with Gasteiger partial charge in [0.15, 0.2) is 0 Å². The van der Waals surface area contributed by atoms with E-state index in [4.69, 9.17) is 0 Å². The molecule has 0 saturated heterocycles. The van der Waals surface area contributed by atoms with E-state index in [0.29, 0.717) is 0 Å². The molecule has 0 bridgehead atoms. The number of fused-ring (bicyclic) bond motifs is 16. The molecule has 1 aromatic heterocycles. The normalized spacial score (nSPS) is 13.7. The van der Waals surface area contributed by atoms with Gasteiger partial charge in [-0.1, -0.05) is 249 Å². The van der Waals surface area contributed by atoms with Gasteiger partial charge in [0, 0.05) is 37.0 Å². The third-order valence-corrected chi connectivity index (χ3v) is 18.1. The summed E-state index contributed by atoms with van der Waals surface area (Å²) in [4.78, 5) is 2.62. The largest absolute Gasteiger partial charge is 0.309 e. The topological polar surface area (TPSA) is 3.24 Å². The second kappa shape index (κ2) is 16.6. The number of anilines is 3. The average molecular weight is 982 g/mol. The zero-order chi connectivity index (χ0) is 50.0. The maximum atomic E-state index is 2.62. The first-order chi connectivity index (χ1) is 37.7. The minimum atomic E-state index is -0.655. The van der Waals surface area contributed by atoms with E-state index in [0.717, 1.165) is 17.1 Å². The number of hydrogen-bond donors (Lipinski definition) is 0. The van der Waals surface area contributed by atoms with Crippen LogP contribution in [-0.4, -0.2) is 0 Å². The van der Waals surface area contributed by atoms with Crippen LogP contribution in [0.25, 0.3) is 75.8 Å². The Morgan fingerprint density at radius 1 is 0.263 bits per heavy atom. The molecule has 1 heterocycles. The molecule has 76 heavy (non-hydrogen) atoms. The van der Waals surface area contributed by atoms with Gasteiger partial charge in [0.2, 0.25) is 0 Å². The van der Waals surface area contributed by atoms with E-state index in [2.05, 4.69) is 290 Å². The predicted molar refractivity (Wildman–Crippen MR) is 318 cm³/mol. The molecule has 12 aromatic carbocycles. The van der Waals surface area contributed by atoms with Crippen molar-refractivity contribution in [2.75, 3.05) is 4.90 Å². The molecule has 3 aliphatic carbocycles. The first-order valence-electron chi connectivity index (χ1n) is 26.4. The van der Waals surface area contributed by atoms with Crippen LogP contribution in [0.15, 0.2) is 285 Å². The number of thiophene rings is 1. The van der Waals surface area contributed by atoms with Crippen LogP contribution in [0.4, 0.5) is 17.1 Å². The lowest BCUT2D eigenvalue weighted by Crippen LogP contribution is -2.28. The van der Waals surface area contributed by atoms with E-state index in [9.17, 15) is 0 Å². The zero-order valence-corrected chi connectivity index (χ0v) is 42.3. The summed E-state index contributed by atoms with van der Waals surface area (Å²) in [7, 11) is 0. The maximum absolute atomic E-state index is 2.62. The summed E-state index contributed by atoms with van der Waals surface area (Å²) in [5.41, 5.74) is 25.0. The Bertz CT molecular complexity index is 4320. The Hall–Kier alpha value is -9.34. The first kappa shape index (κ1) is 43.1. The van der Waals surface area contributed by atoms with Crippen molar-refractivity contribution in [1.29, 1.82) is 0 Å². The Morgan fingerprint density at radius 2 is 0.658 bits per heavy atom. The van der Waals surface area contributed by atoms with Gasteiger partial charge in [-0.2, -0.15) is 0 Å². The molecule has 0 radical (unpaired) electrons. The van der Waals surface area contributed by atoms with Crippen LogP contribution in [0, 0.1) is 0 Å². The van der Waals surface area contributed by atoms with Crippen LogP contribution in [-0.2, 0) is 10.8 Å². The molecule has 0 N–H and O–H groups in total. The second-order valence-electron chi connectivity index (χ2n) is 20.6. The van der Waals surface area contributed by atoms with Gasteiger partial charge in [0.1, 0.15) is 0 Å². The molecular weight excluding hydrogens is 935 g/mol. The van der Waals surface area contributed by atoms with Crippen molar-refractivity contribution < 1.29 is 0 Å². The van der Waals surface area contributed by atoms with E-state index < -0.39 is 10.8 Å². The van der Waals surface area contributed by atoms with Gasteiger partial charge in [-0.05, 0) is 125 Å². The van der Waals surface area contributed by atoms with Crippen molar-refractivity contribution >= 4 is 48.6 Å². The lowest BCUT2D eigenvalue weighted by atomic mass is 9.67. The van der Waals surface area contributed by atoms with E-state index in [1.54, 1.807) is 0 Å². The monoisotopic (exact) mass is 981 g/mol. The summed E-state index contributed by atoms with van der Waals surface area (Å²) in [6.45, 7) is 0. The Balaban J connectivity index is 0.997. The quantitative estimate of drug-likeness (QED) is 0.154. The van der Waals surface area contributed by atoms with E-state index in [1.807, 2.05) is 11.3 Å². The first-order valence-corrected chi connectivity index (χ1v) is 27.2. The molecule has 0 fully saturated rings. The lowest BCUT2D eigenvalue weighted by Gasteiger charge is -2.35. The van der Waals surface area contributed by atoms with E-state index in [-0.39, 0.29) is 0 Å². The van der Waals surface area contributed by atoms with Gasteiger partial charge in [0.25, 0.3) is 0 Å². The molecular formula is C74H47NS. The minimum Gasteiger partial charge on any atom is -0.309 e. The van der Waals surface area contributed by atoms with Crippen molar-refractivity contribution in [2.45, 2.75) is 10.8 Å². The van der Waals surface area contributed by atoms with Crippen molar-refractivity contribution in [1.82, 2.24) is 0 Å². The highest BCUT2D eigenvalue weighted by atomic mass is 32.1. The third-order valence-electron chi connectivity index (χ3n) is 17.0. The molecule has 13 aromatic rings. The van der Waals surface area contributed by atoms with Crippen LogP contribution in [0.1, 0.15) is 44.5 Å². The average Bonchev–Trinajstić information content (AvgIpc) is 4.31. The van der Waals surface area contributed by atoms with Gasteiger partial charge in [0.05, 0.1) is 22.2 Å². The molecule has 0 aliphatic heterocycles. The molecule has 354 valence electrons. The summed E-state index contributed by atoms with van der Waals surface area (Å²) in [6.07, 6.45) is 0. The van der Waals surface area contributed by atoms with Gasteiger partial charge in [-0.15, -0.1) is 11.3 Å². The molecule has 0 saturated carbocycles. The van der Waals surface area contributed by atoms with E-state index in [1.165, 1.54) is 120 Å². The molecule has 2 heteroatoms. The van der Waals surface area contributed by atoms with Crippen LogP contribution >= 0.6 is 11.3 Å². The molecule has 3 aliphatic rings. The zero-order valence-electron chi connectivity index (χ0n) is 41.5. The minimum absolute atomic E-state index is 0.494. The molecule has 0 atom stereocenters. The molecule has 0 amide bonds. The molecule has 1 nitrogen and oxygen atoms in total. The van der Waals surface area contributed by atoms with Crippen LogP contribution in [0.3, 0.4) is 0 Å². The number of benzene rings is 12. The van der Waals surface area contributed by atoms with Crippen molar-refractivity contribution in [3.63, 3.8) is 0 Å². The molecule has 16 rings (SSSR count). The standard InChI is InChI=1S/C74H47NS/c1-3-19-48(20-4-1)50-37-41-52(42-38-50)73(53-43-39-51(40-44-53)49-21-5-2-6-22-49)63-30-14-9-26-58(63)71-65(73)32-17-34-67(71)75(54-45-46-70-60(47-54)57-25-11-16-36-69(57)76-70)68-35-18-33-66-72(68)59-27-10-15-31-64(59)74(66)61-28-12-7-23-55(61)56-24-8-13-29-62(56)74/h1-47H. The van der Waals surface area contributed by atoms with Crippen LogP contribution in [0.2, 0.25) is 0 Å². The fourth-order valence-electron chi connectivity index (χ4n) is 13.9. The van der Waals surface area contributed by atoms with Crippen molar-refractivity contribution in [3.8, 4) is 55.6 Å². The number of hydrogen-bond acceptors (Lipinski definition) is 2. The fourth-order valence-corrected chi connectivity index (χ4v) is 15.0. The fraction of sp³-hybridized carbons (Fsp3) is 0.0270. The Kier molecular flexibility index (Phi) is 9.40. The highest BCUT2D eigenvalue weighted by molar-refractivity contribution is 7.25. The Labute approximate surface area is 446 Å². The van der Waals surface area contributed by atoms with Gasteiger partial charge in [-0.25, -0.2) is 0 Å². The highest BCUT2D eigenvalue weighted by Crippen LogP contribution is 2.66. The van der Waals surface area contributed by atoms with Crippen LogP contribution < -0.4 is 4.90 Å². The summed E-state index contributed by atoms with van der Waals surface area (Å²) in [5.74, 6) is 0. The summed E-state index contributed by atoms with van der Waals surface area (Å²) in [6, 6.07) is 107. The lowest BCUT2D eigenvalue weighted by molar-refractivity contribution is 0.769. The SMILES string of the molecule is c1ccc(-c2ccc(C3(c4ccc(-c5ccccc5)cc4)c4ccccc4-c4c(N(c5ccc6sc7ccccc7c6c5)c5cccc6c5-c5ccccc5C65c6ccccc6-c6ccccc65)cccc43)cc2)cc1. The predicted octanol–water partition coefficient (Wildman–Crippen LogP) is 19.6. The van der Waals surface area contributed by atoms with Crippen molar-refractivity contribution in [3.05, 3.63) is 330 Å². The third kappa shape index (κ3) is 5.90. The molecule has 1 spiro atoms. The smallest absolute Gasteiger partial charge is 0.0726 e.